The monoisotopic (exact) mass is 355 g/mol. The van der Waals surface area contributed by atoms with Crippen LogP contribution in [0.25, 0.3) is 0 Å². The number of aryl methyl sites for hydroxylation is 2. The molecular formula is C17H29N3O3S. The van der Waals surface area contributed by atoms with Crippen LogP contribution in [0.3, 0.4) is 0 Å². The van der Waals surface area contributed by atoms with Crippen molar-refractivity contribution in [2.24, 2.45) is 0 Å². The van der Waals surface area contributed by atoms with E-state index in [9.17, 15) is 13.2 Å². The van der Waals surface area contributed by atoms with E-state index in [1.165, 1.54) is 10.6 Å². The van der Waals surface area contributed by atoms with E-state index in [1.807, 2.05) is 51.0 Å². The smallest absolute Gasteiger partial charge is 0.232 e. The van der Waals surface area contributed by atoms with E-state index in [0.717, 1.165) is 17.7 Å². The van der Waals surface area contributed by atoms with Crippen LogP contribution in [0.4, 0.5) is 5.69 Å². The molecule has 1 N–H and O–H groups in total. The summed E-state index contributed by atoms with van der Waals surface area (Å²) >= 11 is 0. The largest absolute Gasteiger partial charge is 0.355 e. The first kappa shape index (κ1) is 20.4. The fourth-order valence-electron chi connectivity index (χ4n) is 2.34. The minimum Gasteiger partial charge on any atom is -0.355 e. The van der Waals surface area contributed by atoms with Gasteiger partial charge in [-0.25, -0.2) is 8.42 Å². The maximum absolute atomic E-state index is 12.1. The van der Waals surface area contributed by atoms with Crippen molar-refractivity contribution in [2.75, 3.05) is 44.3 Å². The molecule has 0 spiro atoms. The van der Waals surface area contributed by atoms with E-state index in [4.69, 9.17) is 0 Å². The predicted octanol–water partition coefficient (Wildman–Crippen LogP) is 1.53. The van der Waals surface area contributed by atoms with Gasteiger partial charge >= 0.3 is 0 Å². The minimum absolute atomic E-state index is 0.0498. The summed E-state index contributed by atoms with van der Waals surface area (Å²) < 4.78 is 25.7. The quantitative estimate of drug-likeness (QED) is 0.729. The molecule has 136 valence electrons. The van der Waals surface area contributed by atoms with Gasteiger partial charge in [0.15, 0.2) is 0 Å². The third-order valence-electron chi connectivity index (χ3n) is 3.68. The highest BCUT2D eigenvalue weighted by atomic mass is 32.2. The summed E-state index contributed by atoms with van der Waals surface area (Å²) in [5, 5.41) is 2.84. The van der Waals surface area contributed by atoms with Gasteiger partial charge in [0, 0.05) is 26.1 Å². The summed E-state index contributed by atoms with van der Waals surface area (Å²) in [5.41, 5.74) is 2.60. The number of sulfonamides is 1. The Morgan fingerprint density at radius 2 is 1.83 bits per heavy atom. The Bertz CT molecular complexity index is 657. The summed E-state index contributed by atoms with van der Waals surface area (Å²) in [6.07, 6.45) is 1.99. The van der Waals surface area contributed by atoms with Crippen LogP contribution in [0.5, 0.6) is 0 Å². The molecule has 0 heterocycles. The van der Waals surface area contributed by atoms with Crippen molar-refractivity contribution in [1.29, 1.82) is 0 Å². The number of rotatable bonds is 9. The molecule has 1 rings (SSSR count). The minimum atomic E-state index is -3.39. The molecule has 0 aliphatic carbocycles. The average Bonchev–Trinajstić information content (AvgIpc) is 2.45. The molecule has 0 saturated carbocycles. The van der Waals surface area contributed by atoms with Crippen molar-refractivity contribution in [2.45, 2.75) is 26.7 Å². The fraction of sp³-hybridized carbons (Fsp3) is 0.588. The topological polar surface area (TPSA) is 69.7 Å². The number of nitrogens with one attached hydrogen (secondary N) is 1. The van der Waals surface area contributed by atoms with Crippen LogP contribution in [0.2, 0.25) is 0 Å². The van der Waals surface area contributed by atoms with Gasteiger partial charge in [-0.15, -0.1) is 0 Å². The van der Waals surface area contributed by atoms with Gasteiger partial charge in [0.1, 0.15) is 0 Å². The van der Waals surface area contributed by atoms with Crippen LogP contribution >= 0.6 is 0 Å². The Morgan fingerprint density at radius 3 is 2.42 bits per heavy atom. The molecular weight excluding hydrogens is 326 g/mol. The molecule has 7 heteroatoms. The standard InChI is InChI=1S/C17H29N3O3S/c1-14-8-9-15(2)16(13-14)20(24(5,22)23)11-6-7-17(21)18-10-12-19(3)4/h8-9,13H,6-7,10-12H2,1-5H3,(H,18,21). The Balaban J connectivity index is 2.66. The van der Waals surface area contributed by atoms with E-state index in [0.29, 0.717) is 31.6 Å². The zero-order chi connectivity index (χ0) is 18.3. The average molecular weight is 356 g/mol. The van der Waals surface area contributed by atoms with E-state index in [-0.39, 0.29) is 5.91 Å². The number of carbonyl (C=O) groups excluding carboxylic acids is 1. The van der Waals surface area contributed by atoms with Crippen molar-refractivity contribution < 1.29 is 13.2 Å². The van der Waals surface area contributed by atoms with Crippen LogP contribution in [-0.4, -0.2) is 59.2 Å². The molecule has 0 aliphatic heterocycles. The van der Waals surface area contributed by atoms with Crippen LogP contribution in [0, 0.1) is 13.8 Å². The van der Waals surface area contributed by atoms with Crippen molar-refractivity contribution in [1.82, 2.24) is 10.2 Å². The van der Waals surface area contributed by atoms with Crippen molar-refractivity contribution in [3.63, 3.8) is 0 Å². The lowest BCUT2D eigenvalue weighted by Gasteiger charge is -2.24. The Kier molecular flexibility index (Phi) is 7.69. The first-order valence-electron chi connectivity index (χ1n) is 8.07. The lowest BCUT2D eigenvalue weighted by atomic mass is 10.1. The van der Waals surface area contributed by atoms with Gasteiger partial charge in [0.2, 0.25) is 15.9 Å². The lowest BCUT2D eigenvalue weighted by molar-refractivity contribution is -0.121. The summed E-state index contributed by atoms with van der Waals surface area (Å²) in [6, 6.07) is 5.74. The van der Waals surface area contributed by atoms with Crippen LogP contribution < -0.4 is 9.62 Å². The third-order valence-corrected chi connectivity index (χ3v) is 4.86. The van der Waals surface area contributed by atoms with Gasteiger partial charge in [0.25, 0.3) is 0 Å². The summed E-state index contributed by atoms with van der Waals surface area (Å²) in [5.74, 6) is -0.0498. The van der Waals surface area contributed by atoms with E-state index >= 15 is 0 Å². The van der Waals surface area contributed by atoms with Gasteiger partial charge < -0.3 is 10.2 Å². The molecule has 1 aromatic rings. The maximum Gasteiger partial charge on any atom is 0.232 e. The molecule has 0 saturated heterocycles. The summed E-state index contributed by atoms with van der Waals surface area (Å²) in [4.78, 5) is 13.8. The summed E-state index contributed by atoms with van der Waals surface area (Å²) in [6.45, 7) is 5.50. The maximum atomic E-state index is 12.1. The number of likely N-dealkylation sites (N-methyl/N-ethyl adjacent to an activating group) is 1. The van der Waals surface area contributed by atoms with E-state index in [1.54, 1.807) is 0 Å². The highest BCUT2D eigenvalue weighted by Gasteiger charge is 2.19. The number of hydrogen-bond donors (Lipinski definition) is 1. The molecule has 6 nitrogen and oxygen atoms in total. The van der Waals surface area contributed by atoms with Crippen molar-refractivity contribution >= 4 is 21.6 Å². The number of nitrogens with zero attached hydrogens (tertiary/aromatic N) is 2. The first-order valence-corrected chi connectivity index (χ1v) is 9.92. The van der Waals surface area contributed by atoms with Gasteiger partial charge in [-0.3, -0.25) is 9.10 Å². The van der Waals surface area contributed by atoms with Gasteiger partial charge in [-0.05, 0) is 51.6 Å². The SMILES string of the molecule is Cc1ccc(C)c(N(CCCC(=O)NCCN(C)C)S(C)(=O)=O)c1. The summed E-state index contributed by atoms with van der Waals surface area (Å²) in [7, 11) is 0.501. The number of carbonyl (C=O) groups is 1. The fourth-order valence-corrected chi connectivity index (χ4v) is 3.36. The van der Waals surface area contributed by atoms with Gasteiger partial charge in [-0.2, -0.15) is 0 Å². The molecule has 24 heavy (non-hydrogen) atoms. The Labute approximate surface area is 145 Å². The molecule has 1 aromatic carbocycles. The number of anilines is 1. The molecule has 0 fully saturated rings. The molecule has 0 atom stereocenters. The lowest BCUT2D eigenvalue weighted by Crippen LogP contribution is -2.34. The first-order chi connectivity index (χ1) is 11.1. The Hall–Kier alpha value is -1.60. The molecule has 0 radical (unpaired) electrons. The number of hydrogen-bond acceptors (Lipinski definition) is 4. The van der Waals surface area contributed by atoms with Gasteiger partial charge in [0.05, 0.1) is 11.9 Å². The normalized spacial score (nSPS) is 11.6. The third kappa shape index (κ3) is 6.88. The van der Waals surface area contributed by atoms with Crippen LogP contribution in [0.1, 0.15) is 24.0 Å². The van der Waals surface area contributed by atoms with Crippen LogP contribution in [-0.2, 0) is 14.8 Å². The second-order valence-corrected chi connectivity index (χ2v) is 8.29. The molecule has 0 unspecified atom stereocenters. The zero-order valence-electron chi connectivity index (χ0n) is 15.3. The van der Waals surface area contributed by atoms with E-state index < -0.39 is 10.0 Å². The van der Waals surface area contributed by atoms with Gasteiger partial charge in [-0.1, -0.05) is 12.1 Å². The highest BCUT2D eigenvalue weighted by molar-refractivity contribution is 7.92. The second kappa shape index (κ2) is 9.03. The number of benzene rings is 1. The number of amides is 1. The predicted molar refractivity (Wildman–Crippen MR) is 98.9 cm³/mol. The zero-order valence-corrected chi connectivity index (χ0v) is 16.1. The molecule has 0 aromatic heterocycles. The highest BCUT2D eigenvalue weighted by Crippen LogP contribution is 2.24. The molecule has 0 bridgehead atoms. The van der Waals surface area contributed by atoms with Crippen LogP contribution in [0.15, 0.2) is 18.2 Å². The van der Waals surface area contributed by atoms with Crippen molar-refractivity contribution in [3.8, 4) is 0 Å². The van der Waals surface area contributed by atoms with E-state index in [2.05, 4.69) is 5.32 Å². The Morgan fingerprint density at radius 1 is 1.17 bits per heavy atom. The molecule has 1 amide bonds. The molecule has 0 aliphatic rings. The van der Waals surface area contributed by atoms with Crippen molar-refractivity contribution in [3.05, 3.63) is 29.3 Å². The second-order valence-electron chi connectivity index (χ2n) is 6.38.